The molecule has 2 nitrogen and oxygen atoms in total. The Hall–Kier alpha value is -4.38. The van der Waals surface area contributed by atoms with E-state index in [1.165, 1.54) is 9.79 Å². The van der Waals surface area contributed by atoms with Crippen LogP contribution in [0.25, 0.3) is 33.0 Å². The normalized spacial score (nSPS) is 12.0. The summed E-state index contributed by atoms with van der Waals surface area (Å²) in [5.41, 5.74) is 5.71. The minimum Gasteiger partial charge on any atom is -0.244 e. The van der Waals surface area contributed by atoms with E-state index < -0.39 is 0 Å². The molecule has 192 valence electrons. The Morgan fingerprint density at radius 3 is 1.10 bits per heavy atom. The molecule has 0 saturated carbocycles. The molecule has 0 aliphatic heterocycles. The Morgan fingerprint density at radius 1 is 0.400 bits per heavy atom. The van der Waals surface area contributed by atoms with Crippen LogP contribution in [0.2, 0.25) is 0 Å². The van der Waals surface area contributed by atoms with Crippen molar-refractivity contribution < 1.29 is 0 Å². The number of hydrogen-bond acceptors (Lipinski definition) is 4. The molecule has 0 amide bonds. The van der Waals surface area contributed by atoms with E-state index >= 15 is 0 Å². The van der Waals surface area contributed by atoms with Crippen LogP contribution in [0.4, 0.5) is 0 Å². The van der Waals surface area contributed by atoms with Crippen molar-refractivity contribution in [1.29, 1.82) is 0 Å². The molecule has 0 saturated heterocycles. The highest BCUT2D eigenvalue weighted by atomic mass is 32.2. The average Bonchev–Trinajstić information content (AvgIpc) is 3.02. The van der Waals surface area contributed by atoms with Gasteiger partial charge in [0.15, 0.2) is 0 Å². The fourth-order valence-corrected chi connectivity index (χ4v) is 6.21. The lowest BCUT2D eigenvalue weighted by Gasteiger charge is -2.12. The first-order valence-corrected chi connectivity index (χ1v) is 14.7. The second kappa shape index (κ2) is 12.6. The van der Waals surface area contributed by atoms with Gasteiger partial charge in [-0.3, -0.25) is 0 Å². The number of thioether (sulfide) groups is 2. The van der Waals surface area contributed by atoms with Crippen LogP contribution in [0.5, 0.6) is 0 Å². The highest BCUT2D eigenvalue weighted by molar-refractivity contribution is 8.08. The average molecular weight is 551 g/mol. The molecule has 0 fully saturated rings. The minimum absolute atomic E-state index is 0.836. The van der Waals surface area contributed by atoms with Crippen molar-refractivity contribution in [2.75, 3.05) is 0 Å². The predicted octanol–water partition coefficient (Wildman–Crippen LogP) is 10.2. The first-order chi connectivity index (χ1) is 19.8. The van der Waals surface area contributed by atoms with Crippen LogP contribution in [-0.2, 0) is 0 Å². The Bertz CT molecular complexity index is 1630. The molecule has 4 heteroatoms. The summed E-state index contributed by atoms with van der Waals surface area (Å²) in [4.78, 5) is 14.8. The van der Waals surface area contributed by atoms with Crippen LogP contribution in [-0.4, -0.2) is 9.97 Å². The predicted molar refractivity (Wildman–Crippen MR) is 173 cm³/mol. The van der Waals surface area contributed by atoms with Crippen molar-refractivity contribution in [1.82, 2.24) is 9.97 Å². The van der Waals surface area contributed by atoms with E-state index in [4.69, 9.17) is 9.97 Å². The molecule has 0 unspecified atom stereocenters. The van der Waals surface area contributed by atoms with Gasteiger partial charge in [-0.15, -0.1) is 0 Å². The van der Waals surface area contributed by atoms with Crippen molar-refractivity contribution >= 4 is 56.5 Å². The molecule has 1 heterocycles. The number of rotatable bonds is 8. The first-order valence-electron chi connectivity index (χ1n) is 13.1. The Kier molecular flexibility index (Phi) is 8.18. The number of para-hydroxylation sites is 2. The van der Waals surface area contributed by atoms with Gasteiger partial charge in [0.05, 0.1) is 22.4 Å². The SMILES string of the molecule is C(=C(Sc1ccccc1)c1ccccc1)c1nc2ccccc2nc1C=C(Sc1ccccc1)c1ccccc1. The molecule has 0 aliphatic carbocycles. The van der Waals surface area contributed by atoms with Crippen LogP contribution in [0, 0.1) is 0 Å². The maximum Gasteiger partial charge on any atom is 0.0906 e. The third-order valence-corrected chi connectivity index (χ3v) is 8.38. The lowest BCUT2D eigenvalue weighted by molar-refractivity contribution is 1.24. The van der Waals surface area contributed by atoms with Gasteiger partial charge in [0, 0.05) is 19.6 Å². The summed E-state index contributed by atoms with van der Waals surface area (Å²) in [7, 11) is 0. The van der Waals surface area contributed by atoms with Gasteiger partial charge in [0.2, 0.25) is 0 Å². The Morgan fingerprint density at radius 2 is 0.725 bits per heavy atom. The first kappa shape index (κ1) is 25.9. The van der Waals surface area contributed by atoms with Gasteiger partial charge in [0.1, 0.15) is 0 Å². The monoisotopic (exact) mass is 550 g/mol. The van der Waals surface area contributed by atoms with E-state index in [0.717, 1.165) is 43.4 Å². The molecule has 1 aromatic heterocycles. The van der Waals surface area contributed by atoms with Crippen LogP contribution in [0.3, 0.4) is 0 Å². The lowest BCUT2D eigenvalue weighted by Crippen LogP contribution is -1.96. The maximum atomic E-state index is 5.13. The molecule has 0 N–H and O–H groups in total. The summed E-state index contributed by atoms with van der Waals surface area (Å²) in [6.07, 6.45) is 4.35. The Balaban J connectivity index is 1.53. The number of aromatic nitrogens is 2. The standard InChI is InChI=1S/C36H26N2S2/c1-5-15-27(16-6-1)35(39-29-19-9-3-10-20-29)25-33-34(38-32-24-14-13-23-31(32)37-33)26-36(28-17-7-2-8-18-28)40-30-21-11-4-12-22-30/h1-26H. The number of fused-ring (bicyclic) bond motifs is 1. The number of benzene rings is 5. The molecule has 0 radical (unpaired) electrons. The molecule has 0 aliphatic rings. The Labute approximate surface area is 243 Å². The summed E-state index contributed by atoms with van der Waals surface area (Å²) in [5, 5.41) is 0. The van der Waals surface area contributed by atoms with Crippen LogP contribution < -0.4 is 0 Å². The van der Waals surface area contributed by atoms with Crippen molar-refractivity contribution in [3.63, 3.8) is 0 Å². The molecule has 6 rings (SSSR count). The molecule has 0 atom stereocenters. The van der Waals surface area contributed by atoms with Gasteiger partial charge in [-0.2, -0.15) is 0 Å². The highest BCUT2D eigenvalue weighted by Gasteiger charge is 2.13. The van der Waals surface area contributed by atoms with E-state index in [-0.39, 0.29) is 0 Å². The minimum atomic E-state index is 0.836. The number of nitrogens with zero attached hydrogens (tertiary/aromatic N) is 2. The number of hydrogen-bond donors (Lipinski definition) is 0. The van der Waals surface area contributed by atoms with Crippen molar-refractivity contribution in [2.45, 2.75) is 9.79 Å². The second-order valence-electron chi connectivity index (χ2n) is 9.06. The second-order valence-corrected chi connectivity index (χ2v) is 11.3. The van der Waals surface area contributed by atoms with Gasteiger partial charge in [-0.1, -0.05) is 133 Å². The quantitative estimate of drug-likeness (QED) is 0.176. The van der Waals surface area contributed by atoms with Crippen LogP contribution in [0.15, 0.2) is 155 Å². The lowest BCUT2D eigenvalue weighted by atomic mass is 10.1. The van der Waals surface area contributed by atoms with Gasteiger partial charge in [-0.05, 0) is 59.7 Å². The van der Waals surface area contributed by atoms with E-state index in [2.05, 4.69) is 109 Å². The van der Waals surface area contributed by atoms with Gasteiger partial charge < -0.3 is 0 Å². The fourth-order valence-electron chi connectivity index (χ4n) is 4.27. The third kappa shape index (κ3) is 6.42. The maximum absolute atomic E-state index is 5.13. The molecule has 0 bridgehead atoms. The molecule has 40 heavy (non-hydrogen) atoms. The van der Waals surface area contributed by atoms with E-state index in [0.29, 0.717) is 0 Å². The van der Waals surface area contributed by atoms with Crippen molar-refractivity contribution in [3.05, 3.63) is 168 Å². The highest BCUT2D eigenvalue weighted by Crippen LogP contribution is 2.38. The van der Waals surface area contributed by atoms with E-state index in [1.54, 1.807) is 23.5 Å². The summed E-state index contributed by atoms with van der Waals surface area (Å²) in [5.74, 6) is 0. The third-order valence-electron chi connectivity index (χ3n) is 6.22. The molecule has 0 spiro atoms. The summed E-state index contributed by atoms with van der Waals surface area (Å²) >= 11 is 3.47. The summed E-state index contributed by atoms with van der Waals surface area (Å²) < 4.78 is 0. The molecule has 5 aromatic carbocycles. The molecule has 6 aromatic rings. The fraction of sp³-hybridized carbons (Fsp3) is 0. The topological polar surface area (TPSA) is 25.8 Å². The zero-order chi connectivity index (χ0) is 27.0. The zero-order valence-electron chi connectivity index (χ0n) is 21.7. The zero-order valence-corrected chi connectivity index (χ0v) is 23.4. The smallest absolute Gasteiger partial charge is 0.0906 e. The van der Waals surface area contributed by atoms with Crippen molar-refractivity contribution in [3.8, 4) is 0 Å². The van der Waals surface area contributed by atoms with Gasteiger partial charge in [0.25, 0.3) is 0 Å². The van der Waals surface area contributed by atoms with Crippen LogP contribution >= 0.6 is 23.5 Å². The van der Waals surface area contributed by atoms with Gasteiger partial charge >= 0.3 is 0 Å². The molecular weight excluding hydrogens is 525 g/mol. The van der Waals surface area contributed by atoms with Crippen molar-refractivity contribution in [2.24, 2.45) is 0 Å². The van der Waals surface area contributed by atoms with Gasteiger partial charge in [-0.25, -0.2) is 9.97 Å². The largest absolute Gasteiger partial charge is 0.244 e. The van der Waals surface area contributed by atoms with E-state index in [1.807, 2.05) is 48.5 Å². The molecular formula is C36H26N2S2. The van der Waals surface area contributed by atoms with E-state index in [9.17, 15) is 0 Å². The summed E-state index contributed by atoms with van der Waals surface area (Å²) in [6.45, 7) is 0. The summed E-state index contributed by atoms with van der Waals surface area (Å²) in [6, 6.07) is 50.0. The van der Waals surface area contributed by atoms with Crippen LogP contribution in [0.1, 0.15) is 22.5 Å².